The topological polar surface area (TPSA) is 117 Å². The summed E-state index contributed by atoms with van der Waals surface area (Å²) in [7, 11) is -4.30. The first-order valence-electron chi connectivity index (χ1n) is 21.5. The number of carbonyl (C=O) groups is 1. The lowest BCUT2D eigenvalue weighted by molar-refractivity contribution is -0.153. The molecule has 0 aliphatic heterocycles. The second-order valence-corrected chi connectivity index (χ2v) is 15.7. The van der Waals surface area contributed by atoms with Crippen LogP contribution in [-0.2, 0) is 27.9 Å². The SMILES string of the molecule is CCCCCCCCCCCCC=CCC=CCCC(=O)OC(COC=CCCCCCCCCCCCCCCCC)COP(=O)(O)OCCN. The van der Waals surface area contributed by atoms with E-state index >= 15 is 0 Å². The monoisotopic (exact) mass is 756 g/mol. The molecular formula is C43H82NO7P. The predicted molar refractivity (Wildman–Crippen MR) is 219 cm³/mol. The highest BCUT2D eigenvalue weighted by atomic mass is 31.2. The van der Waals surface area contributed by atoms with E-state index in [1.165, 1.54) is 148 Å². The zero-order chi connectivity index (χ0) is 38.1. The van der Waals surface area contributed by atoms with E-state index < -0.39 is 19.9 Å². The van der Waals surface area contributed by atoms with Gasteiger partial charge in [0.2, 0.25) is 0 Å². The summed E-state index contributed by atoms with van der Waals surface area (Å²) in [6.45, 7) is 4.19. The summed E-state index contributed by atoms with van der Waals surface area (Å²) < 4.78 is 33.1. The molecule has 0 aromatic carbocycles. The maximum absolute atomic E-state index is 12.5. The molecule has 0 aromatic heterocycles. The van der Waals surface area contributed by atoms with Crippen LogP contribution < -0.4 is 5.73 Å². The van der Waals surface area contributed by atoms with Crippen molar-refractivity contribution in [3.05, 3.63) is 36.6 Å². The number of phosphoric ester groups is 1. The Morgan fingerprint density at radius 3 is 1.52 bits per heavy atom. The van der Waals surface area contributed by atoms with Gasteiger partial charge in [0.1, 0.15) is 6.61 Å². The molecule has 0 radical (unpaired) electrons. The van der Waals surface area contributed by atoms with Crippen LogP contribution in [0.1, 0.15) is 200 Å². The average molecular weight is 756 g/mol. The van der Waals surface area contributed by atoms with E-state index in [1.54, 1.807) is 6.26 Å². The number of hydrogen-bond acceptors (Lipinski definition) is 7. The van der Waals surface area contributed by atoms with Gasteiger partial charge in [0.25, 0.3) is 0 Å². The minimum atomic E-state index is -4.30. The molecule has 8 nitrogen and oxygen atoms in total. The molecule has 0 spiro atoms. The number of esters is 1. The molecule has 0 rings (SSSR count). The minimum Gasteiger partial charge on any atom is -0.498 e. The van der Waals surface area contributed by atoms with Crippen LogP contribution in [0.5, 0.6) is 0 Å². The quantitative estimate of drug-likeness (QED) is 0.0208. The van der Waals surface area contributed by atoms with Crippen molar-refractivity contribution in [2.75, 3.05) is 26.4 Å². The fraction of sp³-hybridized carbons (Fsp3) is 0.837. The van der Waals surface area contributed by atoms with Crippen molar-refractivity contribution in [1.29, 1.82) is 0 Å². The van der Waals surface area contributed by atoms with Crippen molar-refractivity contribution < 1.29 is 32.8 Å². The third-order valence-corrected chi connectivity index (χ3v) is 10.1. The molecule has 0 aromatic rings. The molecule has 0 amide bonds. The molecule has 0 aliphatic carbocycles. The molecular weight excluding hydrogens is 673 g/mol. The highest BCUT2D eigenvalue weighted by Crippen LogP contribution is 2.43. The standard InChI is InChI=1S/C43H82NO7P/c1-3-5-7-9-11-13-15-17-19-21-22-24-26-28-30-32-34-36-43(45)51-42(41-50-52(46,47)49-39-37-44)40-48-38-35-33-31-29-27-25-23-20-18-16-14-12-10-8-6-4-2/h24,26,30,32,35,38,42H,3-23,25,27-29,31,33-34,36-37,39-41,44H2,1-2H3,(H,46,47). The van der Waals surface area contributed by atoms with Crippen molar-refractivity contribution >= 4 is 13.8 Å². The van der Waals surface area contributed by atoms with Gasteiger partial charge in [-0.15, -0.1) is 0 Å². The summed E-state index contributed by atoms with van der Waals surface area (Å²) in [5.41, 5.74) is 5.36. The summed E-state index contributed by atoms with van der Waals surface area (Å²) >= 11 is 0. The average Bonchev–Trinajstić information content (AvgIpc) is 3.13. The van der Waals surface area contributed by atoms with Crippen LogP contribution in [0, 0.1) is 0 Å². The van der Waals surface area contributed by atoms with E-state index in [0.717, 1.165) is 25.7 Å². The highest BCUT2D eigenvalue weighted by molar-refractivity contribution is 7.47. The Bertz CT molecular complexity index is 895. The maximum Gasteiger partial charge on any atom is 0.472 e. The van der Waals surface area contributed by atoms with Crippen LogP contribution in [0.15, 0.2) is 36.6 Å². The van der Waals surface area contributed by atoms with Gasteiger partial charge in [-0.1, -0.05) is 179 Å². The smallest absolute Gasteiger partial charge is 0.472 e. The molecule has 0 saturated heterocycles. The number of phosphoric acid groups is 1. The molecule has 2 unspecified atom stereocenters. The van der Waals surface area contributed by atoms with E-state index in [4.69, 9.17) is 24.3 Å². The molecule has 0 saturated carbocycles. The Morgan fingerprint density at radius 2 is 1.04 bits per heavy atom. The van der Waals surface area contributed by atoms with Crippen LogP contribution in [0.4, 0.5) is 0 Å². The van der Waals surface area contributed by atoms with E-state index in [-0.39, 0.29) is 32.8 Å². The lowest BCUT2D eigenvalue weighted by Gasteiger charge is -2.19. The van der Waals surface area contributed by atoms with Crippen molar-refractivity contribution in [3.63, 3.8) is 0 Å². The van der Waals surface area contributed by atoms with E-state index in [9.17, 15) is 14.3 Å². The first-order chi connectivity index (χ1) is 25.4. The molecule has 9 heteroatoms. The number of carbonyl (C=O) groups excluding carboxylic acids is 1. The van der Waals surface area contributed by atoms with Gasteiger partial charge in [-0.25, -0.2) is 4.57 Å². The van der Waals surface area contributed by atoms with Gasteiger partial charge in [0, 0.05) is 13.0 Å². The van der Waals surface area contributed by atoms with Crippen molar-refractivity contribution in [1.82, 2.24) is 0 Å². The van der Waals surface area contributed by atoms with Gasteiger partial charge in [-0.3, -0.25) is 13.8 Å². The largest absolute Gasteiger partial charge is 0.498 e. The second kappa shape index (κ2) is 40.7. The lowest BCUT2D eigenvalue weighted by atomic mass is 10.0. The zero-order valence-electron chi connectivity index (χ0n) is 33.8. The zero-order valence-corrected chi connectivity index (χ0v) is 34.7. The van der Waals surface area contributed by atoms with Gasteiger partial charge in [-0.05, 0) is 44.6 Å². The summed E-state index contributed by atoms with van der Waals surface area (Å²) in [6, 6.07) is 0. The van der Waals surface area contributed by atoms with Crippen LogP contribution in [0.25, 0.3) is 0 Å². The molecule has 3 N–H and O–H groups in total. The third-order valence-electron chi connectivity index (χ3n) is 9.14. The van der Waals surface area contributed by atoms with E-state index in [1.807, 2.05) is 12.2 Å². The molecule has 2 atom stereocenters. The number of rotatable bonds is 41. The van der Waals surface area contributed by atoms with Crippen molar-refractivity contribution in [2.45, 2.75) is 206 Å². The van der Waals surface area contributed by atoms with Gasteiger partial charge in [-0.2, -0.15) is 0 Å². The van der Waals surface area contributed by atoms with Crippen LogP contribution in [0.2, 0.25) is 0 Å². The summed E-state index contributed by atoms with van der Waals surface area (Å²) in [6.07, 6.45) is 47.0. The molecule has 0 fully saturated rings. The summed E-state index contributed by atoms with van der Waals surface area (Å²) in [5, 5.41) is 0. The normalized spacial score (nSPS) is 13.8. The van der Waals surface area contributed by atoms with Gasteiger partial charge < -0.3 is 20.1 Å². The van der Waals surface area contributed by atoms with Crippen LogP contribution in [-0.4, -0.2) is 43.3 Å². The third kappa shape index (κ3) is 39.8. The lowest BCUT2D eigenvalue weighted by Crippen LogP contribution is -2.27. The molecule has 52 heavy (non-hydrogen) atoms. The number of nitrogens with two attached hydrogens (primary N) is 1. The van der Waals surface area contributed by atoms with Gasteiger partial charge in [0.15, 0.2) is 6.10 Å². The molecule has 306 valence electrons. The number of hydrogen-bond donors (Lipinski definition) is 2. The Balaban J connectivity index is 4.15. The fourth-order valence-corrected chi connectivity index (χ4v) is 6.72. The predicted octanol–water partition coefficient (Wildman–Crippen LogP) is 13.0. The van der Waals surface area contributed by atoms with Crippen molar-refractivity contribution in [2.24, 2.45) is 5.73 Å². The Hall–Kier alpha value is -1.44. The molecule has 0 bridgehead atoms. The van der Waals surface area contributed by atoms with Gasteiger partial charge >= 0.3 is 13.8 Å². The highest BCUT2D eigenvalue weighted by Gasteiger charge is 2.25. The molecule has 0 aliphatic rings. The van der Waals surface area contributed by atoms with Crippen LogP contribution >= 0.6 is 7.82 Å². The number of unbranched alkanes of at least 4 members (excludes halogenated alkanes) is 24. The Labute approximate surface area is 320 Å². The van der Waals surface area contributed by atoms with Crippen LogP contribution in [0.3, 0.4) is 0 Å². The maximum atomic E-state index is 12.5. The minimum absolute atomic E-state index is 0.0115. The first kappa shape index (κ1) is 50.6. The van der Waals surface area contributed by atoms with Crippen molar-refractivity contribution in [3.8, 4) is 0 Å². The number of allylic oxidation sites excluding steroid dienone is 5. The Kier molecular flexibility index (Phi) is 39.6. The van der Waals surface area contributed by atoms with Gasteiger partial charge in [0.05, 0.1) is 19.5 Å². The first-order valence-corrected chi connectivity index (χ1v) is 23.0. The van der Waals surface area contributed by atoms with E-state index in [2.05, 4.69) is 32.1 Å². The number of ether oxygens (including phenoxy) is 2. The van der Waals surface area contributed by atoms with E-state index in [0.29, 0.717) is 6.42 Å². The second-order valence-electron chi connectivity index (χ2n) is 14.3. The summed E-state index contributed by atoms with van der Waals surface area (Å²) in [5.74, 6) is -0.416. The Morgan fingerprint density at radius 1 is 0.596 bits per heavy atom. The molecule has 0 heterocycles. The summed E-state index contributed by atoms with van der Waals surface area (Å²) in [4.78, 5) is 22.4. The fourth-order valence-electron chi connectivity index (χ4n) is 5.96.